The molecule has 19 heavy (non-hydrogen) atoms. The lowest BCUT2D eigenvalue weighted by Crippen LogP contribution is -2.52. The van der Waals surface area contributed by atoms with Crippen LogP contribution in [0, 0.1) is 5.92 Å². The molecule has 2 heterocycles. The summed E-state index contributed by atoms with van der Waals surface area (Å²) in [5.74, 6) is 2.79. The second-order valence-electron chi connectivity index (χ2n) is 6.37. The van der Waals surface area contributed by atoms with Crippen LogP contribution in [0.2, 0.25) is 0 Å². The van der Waals surface area contributed by atoms with Crippen molar-refractivity contribution in [2.45, 2.75) is 57.2 Å². The number of rotatable bonds is 5. The highest BCUT2D eigenvalue weighted by Crippen LogP contribution is 2.42. The van der Waals surface area contributed by atoms with Gasteiger partial charge in [0.2, 0.25) is 0 Å². The van der Waals surface area contributed by atoms with Crippen LogP contribution in [-0.2, 0) is 4.74 Å². The molecule has 0 aromatic heterocycles. The zero-order chi connectivity index (χ0) is 13.8. The van der Waals surface area contributed by atoms with Gasteiger partial charge in [-0.25, -0.2) is 0 Å². The average Bonchev–Trinajstić information content (AvgIpc) is 2.40. The third-order valence-corrected chi connectivity index (χ3v) is 5.67. The summed E-state index contributed by atoms with van der Waals surface area (Å²) in [7, 11) is 0. The monoisotopic (exact) mass is 287 g/mol. The molecule has 0 bridgehead atoms. The van der Waals surface area contributed by atoms with Gasteiger partial charge in [0.15, 0.2) is 0 Å². The van der Waals surface area contributed by atoms with Gasteiger partial charge < -0.3 is 15.2 Å². The molecule has 3 nitrogen and oxygen atoms in total. The van der Waals surface area contributed by atoms with Crippen molar-refractivity contribution in [2.75, 3.05) is 31.2 Å². The zero-order valence-electron chi connectivity index (χ0n) is 12.4. The van der Waals surface area contributed by atoms with Gasteiger partial charge in [-0.2, -0.15) is 11.8 Å². The summed E-state index contributed by atoms with van der Waals surface area (Å²) < 4.78 is 6.11. The maximum absolute atomic E-state index is 10.8. The molecule has 0 saturated carbocycles. The summed E-state index contributed by atoms with van der Waals surface area (Å²) in [5, 5.41) is 14.1. The SMILES string of the molecule is CCCNCC(C)(O)C1CCOC2(CCSCC2)C1. The number of nitrogens with one attached hydrogen (secondary N) is 1. The fourth-order valence-corrected chi connectivity index (χ4v) is 4.55. The Morgan fingerprint density at radius 2 is 2.16 bits per heavy atom. The van der Waals surface area contributed by atoms with Crippen molar-refractivity contribution in [1.29, 1.82) is 0 Å². The number of aliphatic hydroxyl groups is 1. The molecule has 2 aliphatic rings. The first-order chi connectivity index (χ1) is 9.08. The van der Waals surface area contributed by atoms with Crippen LogP contribution in [0.4, 0.5) is 0 Å². The predicted molar refractivity (Wildman–Crippen MR) is 81.8 cm³/mol. The molecule has 2 rings (SSSR count). The Bertz CT molecular complexity index is 272. The van der Waals surface area contributed by atoms with E-state index in [1.807, 2.05) is 18.7 Å². The molecule has 4 heteroatoms. The smallest absolute Gasteiger partial charge is 0.0773 e. The molecule has 2 atom stereocenters. The van der Waals surface area contributed by atoms with E-state index in [2.05, 4.69) is 12.2 Å². The topological polar surface area (TPSA) is 41.5 Å². The molecule has 0 aromatic rings. The van der Waals surface area contributed by atoms with E-state index in [4.69, 9.17) is 4.74 Å². The third-order valence-electron chi connectivity index (χ3n) is 4.69. The van der Waals surface area contributed by atoms with E-state index >= 15 is 0 Å². The molecule has 2 aliphatic heterocycles. The molecule has 2 saturated heterocycles. The fraction of sp³-hybridized carbons (Fsp3) is 1.00. The van der Waals surface area contributed by atoms with E-state index in [0.717, 1.165) is 45.3 Å². The Kier molecular flexibility index (Phi) is 5.58. The Morgan fingerprint density at radius 3 is 2.84 bits per heavy atom. The van der Waals surface area contributed by atoms with Crippen LogP contribution in [0.1, 0.15) is 46.0 Å². The minimum absolute atomic E-state index is 0.0723. The van der Waals surface area contributed by atoms with E-state index in [0.29, 0.717) is 12.5 Å². The predicted octanol–water partition coefficient (Wildman–Crippen LogP) is 2.43. The van der Waals surface area contributed by atoms with Crippen molar-refractivity contribution < 1.29 is 9.84 Å². The van der Waals surface area contributed by atoms with Crippen molar-refractivity contribution in [2.24, 2.45) is 5.92 Å². The molecular formula is C15H29NO2S. The van der Waals surface area contributed by atoms with Gasteiger partial charge in [-0.1, -0.05) is 6.92 Å². The first-order valence-corrected chi connectivity index (χ1v) is 8.88. The number of hydrogen-bond acceptors (Lipinski definition) is 4. The molecule has 1 spiro atoms. The summed E-state index contributed by atoms with van der Waals surface area (Å²) in [5.41, 5.74) is -0.528. The highest BCUT2D eigenvalue weighted by Gasteiger charge is 2.44. The standard InChI is InChI=1S/C15H29NO2S/c1-3-7-16-12-14(2,17)13-4-8-18-15(11-13)5-9-19-10-6-15/h13,16-17H,3-12H2,1-2H3. The maximum Gasteiger partial charge on any atom is 0.0773 e. The summed E-state index contributed by atoms with van der Waals surface area (Å²) >= 11 is 2.03. The van der Waals surface area contributed by atoms with Crippen molar-refractivity contribution in [1.82, 2.24) is 5.32 Å². The normalized spacial score (nSPS) is 30.2. The van der Waals surface area contributed by atoms with Gasteiger partial charge in [0.1, 0.15) is 0 Å². The molecular weight excluding hydrogens is 258 g/mol. The van der Waals surface area contributed by atoms with Crippen molar-refractivity contribution in [3.8, 4) is 0 Å². The minimum Gasteiger partial charge on any atom is -0.389 e. The Morgan fingerprint density at radius 1 is 1.42 bits per heavy atom. The van der Waals surface area contributed by atoms with Crippen LogP contribution >= 0.6 is 11.8 Å². The molecule has 112 valence electrons. The minimum atomic E-state index is -0.601. The lowest BCUT2D eigenvalue weighted by molar-refractivity contribution is -0.141. The average molecular weight is 287 g/mol. The van der Waals surface area contributed by atoms with E-state index < -0.39 is 5.60 Å². The van der Waals surface area contributed by atoms with E-state index in [-0.39, 0.29) is 5.60 Å². The maximum atomic E-state index is 10.8. The third kappa shape index (κ3) is 4.10. The van der Waals surface area contributed by atoms with Gasteiger partial charge >= 0.3 is 0 Å². The number of thioether (sulfide) groups is 1. The van der Waals surface area contributed by atoms with Crippen LogP contribution in [0.25, 0.3) is 0 Å². The molecule has 2 unspecified atom stereocenters. The van der Waals surface area contributed by atoms with Gasteiger partial charge in [-0.05, 0) is 63.0 Å². The van der Waals surface area contributed by atoms with Crippen LogP contribution in [-0.4, -0.2) is 47.5 Å². The van der Waals surface area contributed by atoms with Crippen molar-refractivity contribution in [3.05, 3.63) is 0 Å². The molecule has 0 aliphatic carbocycles. The van der Waals surface area contributed by atoms with Crippen LogP contribution < -0.4 is 5.32 Å². The quantitative estimate of drug-likeness (QED) is 0.762. The second-order valence-corrected chi connectivity index (χ2v) is 7.59. The molecule has 2 fully saturated rings. The van der Waals surface area contributed by atoms with Crippen LogP contribution in [0.15, 0.2) is 0 Å². The second kappa shape index (κ2) is 6.79. The lowest BCUT2D eigenvalue weighted by atomic mass is 9.74. The Hall–Kier alpha value is 0.230. The largest absolute Gasteiger partial charge is 0.389 e. The van der Waals surface area contributed by atoms with Gasteiger partial charge in [0.25, 0.3) is 0 Å². The van der Waals surface area contributed by atoms with Crippen LogP contribution in [0.5, 0.6) is 0 Å². The highest BCUT2D eigenvalue weighted by molar-refractivity contribution is 7.99. The van der Waals surface area contributed by atoms with Crippen molar-refractivity contribution >= 4 is 11.8 Å². The molecule has 0 amide bonds. The highest BCUT2D eigenvalue weighted by atomic mass is 32.2. The zero-order valence-corrected chi connectivity index (χ0v) is 13.2. The fourth-order valence-electron chi connectivity index (χ4n) is 3.31. The van der Waals surface area contributed by atoms with E-state index in [9.17, 15) is 5.11 Å². The van der Waals surface area contributed by atoms with E-state index in [1.165, 1.54) is 11.5 Å². The first kappa shape index (κ1) is 15.6. The summed E-state index contributed by atoms with van der Waals surface area (Å²) in [4.78, 5) is 0. The van der Waals surface area contributed by atoms with Gasteiger partial charge in [-0.3, -0.25) is 0 Å². The first-order valence-electron chi connectivity index (χ1n) is 7.73. The Balaban J connectivity index is 1.91. The van der Waals surface area contributed by atoms with Crippen molar-refractivity contribution in [3.63, 3.8) is 0 Å². The molecule has 2 N–H and O–H groups in total. The Labute approximate surface area is 121 Å². The van der Waals surface area contributed by atoms with Gasteiger partial charge in [0, 0.05) is 13.2 Å². The molecule has 0 aromatic carbocycles. The lowest BCUT2D eigenvalue weighted by Gasteiger charge is -2.47. The number of ether oxygens (including phenoxy) is 1. The van der Waals surface area contributed by atoms with Gasteiger partial charge in [0.05, 0.1) is 11.2 Å². The summed E-state index contributed by atoms with van der Waals surface area (Å²) in [6.45, 7) is 6.67. The van der Waals surface area contributed by atoms with E-state index in [1.54, 1.807) is 0 Å². The number of hydrogen-bond donors (Lipinski definition) is 2. The summed E-state index contributed by atoms with van der Waals surface area (Å²) in [6, 6.07) is 0. The molecule has 0 radical (unpaired) electrons. The summed E-state index contributed by atoms with van der Waals surface area (Å²) in [6.07, 6.45) is 5.47. The van der Waals surface area contributed by atoms with Crippen LogP contribution in [0.3, 0.4) is 0 Å². The van der Waals surface area contributed by atoms with Gasteiger partial charge in [-0.15, -0.1) is 0 Å².